The summed E-state index contributed by atoms with van der Waals surface area (Å²) in [7, 11) is 0. The van der Waals surface area contributed by atoms with Crippen molar-refractivity contribution in [3.05, 3.63) is 84.4 Å². The number of benzene rings is 3. The number of hydrogen-bond donors (Lipinski definition) is 1. The van der Waals surface area contributed by atoms with E-state index in [1.54, 1.807) is 23.9 Å². The summed E-state index contributed by atoms with van der Waals surface area (Å²) in [5, 5.41) is 2.95. The van der Waals surface area contributed by atoms with Crippen LogP contribution in [0.1, 0.15) is 10.4 Å². The van der Waals surface area contributed by atoms with Crippen LogP contribution < -0.4 is 15.0 Å². The lowest BCUT2D eigenvalue weighted by molar-refractivity contribution is 0.102. The number of anilines is 2. The minimum atomic E-state index is -0.134. The van der Waals surface area contributed by atoms with E-state index in [4.69, 9.17) is 9.47 Å². The molecular formula is C25H26N2O3S. The van der Waals surface area contributed by atoms with E-state index in [1.807, 2.05) is 54.6 Å². The number of nitrogens with one attached hydrogen (secondary N) is 1. The van der Waals surface area contributed by atoms with Gasteiger partial charge < -0.3 is 19.7 Å². The van der Waals surface area contributed by atoms with Crippen molar-refractivity contribution in [3.63, 3.8) is 0 Å². The highest BCUT2D eigenvalue weighted by molar-refractivity contribution is 7.99. The van der Waals surface area contributed by atoms with Gasteiger partial charge in [0.25, 0.3) is 5.91 Å². The Morgan fingerprint density at radius 2 is 1.65 bits per heavy atom. The van der Waals surface area contributed by atoms with Crippen molar-refractivity contribution in [2.75, 3.05) is 48.9 Å². The topological polar surface area (TPSA) is 50.8 Å². The molecule has 0 aliphatic carbocycles. The van der Waals surface area contributed by atoms with Gasteiger partial charge in [0.2, 0.25) is 0 Å². The van der Waals surface area contributed by atoms with Gasteiger partial charge in [-0.1, -0.05) is 18.2 Å². The lowest BCUT2D eigenvalue weighted by atomic mass is 10.2. The number of amides is 1. The molecule has 4 rings (SSSR count). The van der Waals surface area contributed by atoms with Gasteiger partial charge in [0, 0.05) is 40.7 Å². The average Bonchev–Trinajstić information content (AvgIpc) is 2.84. The summed E-state index contributed by atoms with van der Waals surface area (Å²) in [5.41, 5.74) is 2.52. The fourth-order valence-electron chi connectivity index (χ4n) is 3.32. The first-order chi connectivity index (χ1) is 15.3. The number of morpholine rings is 1. The summed E-state index contributed by atoms with van der Waals surface area (Å²) in [6, 6.07) is 25.4. The van der Waals surface area contributed by atoms with Crippen LogP contribution in [-0.2, 0) is 4.74 Å². The van der Waals surface area contributed by atoms with E-state index >= 15 is 0 Å². The van der Waals surface area contributed by atoms with Crippen LogP contribution in [0.2, 0.25) is 0 Å². The van der Waals surface area contributed by atoms with E-state index in [-0.39, 0.29) is 5.91 Å². The molecule has 1 aliphatic heterocycles. The van der Waals surface area contributed by atoms with Crippen LogP contribution in [0.3, 0.4) is 0 Å². The predicted molar refractivity (Wildman–Crippen MR) is 127 cm³/mol. The highest BCUT2D eigenvalue weighted by atomic mass is 32.2. The number of carbonyl (C=O) groups is 1. The summed E-state index contributed by atoms with van der Waals surface area (Å²) >= 11 is 1.76. The third kappa shape index (κ3) is 6.26. The third-order valence-electron chi connectivity index (χ3n) is 4.98. The van der Waals surface area contributed by atoms with Gasteiger partial charge in [0.15, 0.2) is 0 Å². The Morgan fingerprint density at radius 3 is 2.35 bits per heavy atom. The molecule has 0 bridgehead atoms. The van der Waals surface area contributed by atoms with Crippen molar-refractivity contribution in [3.8, 4) is 5.75 Å². The van der Waals surface area contributed by atoms with Gasteiger partial charge >= 0.3 is 0 Å². The molecule has 0 spiro atoms. The largest absolute Gasteiger partial charge is 0.493 e. The Hall–Kier alpha value is -2.96. The number of ether oxygens (including phenoxy) is 2. The molecule has 160 valence electrons. The van der Waals surface area contributed by atoms with Gasteiger partial charge in [0.05, 0.1) is 19.8 Å². The van der Waals surface area contributed by atoms with Crippen LogP contribution in [0.4, 0.5) is 11.4 Å². The van der Waals surface area contributed by atoms with E-state index in [1.165, 1.54) is 4.90 Å². The van der Waals surface area contributed by atoms with Crippen molar-refractivity contribution in [2.24, 2.45) is 0 Å². The molecule has 1 N–H and O–H groups in total. The zero-order valence-electron chi connectivity index (χ0n) is 17.3. The Kier molecular flexibility index (Phi) is 7.47. The third-order valence-corrected chi connectivity index (χ3v) is 5.96. The van der Waals surface area contributed by atoms with Crippen LogP contribution in [0.5, 0.6) is 5.75 Å². The number of nitrogens with zero attached hydrogens (tertiary/aromatic N) is 1. The van der Waals surface area contributed by atoms with Crippen LogP contribution >= 0.6 is 11.8 Å². The summed E-state index contributed by atoms with van der Waals surface area (Å²) in [6.07, 6.45) is 0. The zero-order valence-corrected chi connectivity index (χ0v) is 18.1. The van der Waals surface area contributed by atoms with Gasteiger partial charge in [-0.25, -0.2) is 0 Å². The number of rotatable bonds is 8. The molecule has 1 fully saturated rings. The second-order valence-electron chi connectivity index (χ2n) is 7.13. The summed E-state index contributed by atoms with van der Waals surface area (Å²) in [4.78, 5) is 16.1. The lowest BCUT2D eigenvalue weighted by Gasteiger charge is -2.28. The normalized spacial score (nSPS) is 13.6. The van der Waals surface area contributed by atoms with Crippen molar-refractivity contribution in [1.29, 1.82) is 0 Å². The fraction of sp³-hybridized carbons (Fsp3) is 0.240. The lowest BCUT2D eigenvalue weighted by Crippen LogP contribution is -2.36. The summed E-state index contributed by atoms with van der Waals surface area (Å²) < 4.78 is 11.2. The van der Waals surface area contributed by atoms with Crippen molar-refractivity contribution < 1.29 is 14.3 Å². The Labute approximate surface area is 187 Å². The second-order valence-corrected chi connectivity index (χ2v) is 8.30. The first-order valence-electron chi connectivity index (χ1n) is 10.4. The van der Waals surface area contributed by atoms with E-state index < -0.39 is 0 Å². The van der Waals surface area contributed by atoms with Gasteiger partial charge in [0.1, 0.15) is 5.75 Å². The number of hydrogen-bond acceptors (Lipinski definition) is 5. The molecule has 0 aromatic heterocycles. The van der Waals surface area contributed by atoms with Gasteiger partial charge in [-0.15, -0.1) is 11.8 Å². The van der Waals surface area contributed by atoms with Crippen molar-refractivity contribution in [2.45, 2.75) is 4.90 Å². The Morgan fingerprint density at radius 1 is 0.935 bits per heavy atom. The molecule has 5 nitrogen and oxygen atoms in total. The van der Waals surface area contributed by atoms with Crippen molar-refractivity contribution in [1.82, 2.24) is 0 Å². The molecular weight excluding hydrogens is 408 g/mol. The predicted octanol–water partition coefficient (Wildman–Crippen LogP) is 4.95. The molecule has 0 unspecified atom stereocenters. The first-order valence-corrected chi connectivity index (χ1v) is 11.4. The Bertz CT molecular complexity index is 956. The standard InChI is InChI=1S/C25H26N2O3S/c28-25(26-21-8-10-22(11-9-21)27-14-16-29-17-15-27)20-6-12-23(13-7-20)30-18-19-31-24-4-2-1-3-5-24/h1-13H,14-19H2,(H,26,28). The highest BCUT2D eigenvalue weighted by Gasteiger charge is 2.11. The maximum Gasteiger partial charge on any atom is 0.255 e. The molecule has 1 saturated heterocycles. The van der Waals surface area contributed by atoms with E-state index in [2.05, 4.69) is 22.3 Å². The van der Waals surface area contributed by atoms with E-state index in [9.17, 15) is 4.79 Å². The molecule has 6 heteroatoms. The first kappa shape index (κ1) is 21.3. The van der Waals surface area contributed by atoms with Crippen LogP contribution in [0.25, 0.3) is 0 Å². The minimum absolute atomic E-state index is 0.134. The van der Waals surface area contributed by atoms with Crippen LogP contribution in [-0.4, -0.2) is 44.6 Å². The second kappa shape index (κ2) is 10.9. The van der Waals surface area contributed by atoms with Crippen molar-refractivity contribution >= 4 is 29.0 Å². The maximum atomic E-state index is 12.5. The monoisotopic (exact) mass is 434 g/mol. The van der Waals surface area contributed by atoms with E-state index in [0.717, 1.165) is 49.2 Å². The minimum Gasteiger partial charge on any atom is -0.493 e. The van der Waals surface area contributed by atoms with Crippen LogP contribution in [0.15, 0.2) is 83.8 Å². The van der Waals surface area contributed by atoms with Gasteiger partial charge in [-0.3, -0.25) is 4.79 Å². The zero-order chi connectivity index (χ0) is 21.3. The Balaban J connectivity index is 1.24. The molecule has 3 aromatic carbocycles. The molecule has 1 amide bonds. The molecule has 1 aliphatic rings. The fourth-order valence-corrected chi connectivity index (χ4v) is 4.07. The SMILES string of the molecule is O=C(Nc1ccc(N2CCOCC2)cc1)c1ccc(OCCSc2ccccc2)cc1. The molecule has 31 heavy (non-hydrogen) atoms. The van der Waals surface area contributed by atoms with Crippen LogP contribution in [0, 0.1) is 0 Å². The van der Waals surface area contributed by atoms with Gasteiger partial charge in [-0.2, -0.15) is 0 Å². The quantitative estimate of drug-likeness (QED) is 0.402. The highest BCUT2D eigenvalue weighted by Crippen LogP contribution is 2.21. The maximum absolute atomic E-state index is 12.5. The smallest absolute Gasteiger partial charge is 0.255 e. The molecule has 1 heterocycles. The summed E-state index contributed by atoms with van der Waals surface area (Å²) in [5.74, 6) is 1.50. The molecule has 0 atom stereocenters. The molecule has 0 radical (unpaired) electrons. The number of thioether (sulfide) groups is 1. The molecule has 0 saturated carbocycles. The number of carbonyl (C=O) groups excluding carboxylic acids is 1. The molecule has 3 aromatic rings. The summed E-state index contributed by atoms with van der Waals surface area (Å²) in [6.45, 7) is 3.91. The van der Waals surface area contributed by atoms with E-state index in [0.29, 0.717) is 12.2 Å². The average molecular weight is 435 g/mol. The van der Waals surface area contributed by atoms with Gasteiger partial charge in [-0.05, 0) is 60.7 Å².